The van der Waals surface area contributed by atoms with Gasteiger partial charge in [-0.05, 0) is 119 Å². The van der Waals surface area contributed by atoms with E-state index < -0.39 is 0 Å². The minimum atomic E-state index is 0.114. The molecule has 41 heavy (non-hydrogen) atoms. The summed E-state index contributed by atoms with van der Waals surface area (Å²) < 4.78 is 0. The van der Waals surface area contributed by atoms with Gasteiger partial charge in [-0.25, -0.2) is 0 Å². The van der Waals surface area contributed by atoms with E-state index in [1.54, 1.807) is 0 Å². The summed E-state index contributed by atoms with van der Waals surface area (Å²) in [5, 5.41) is 0. The van der Waals surface area contributed by atoms with Crippen LogP contribution in [0.1, 0.15) is 89.0 Å². The molecule has 3 aromatic carbocycles. The fourth-order valence-electron chi connectivity index (χ4n) is 5.75. The number of aryl methyl sites for hydroxylation is 2. The lowest BCUT2D eigenvalue weighted by molar-refractivity contribution is 0.590. The van der Waals surface area contributed by atoms with Gasteiger partial charge in [0.2, 0.25) is 0 Å². The summed E-state index contributed by atoms with van der Waals surface area (Å²) in [5.41, 5.74) is 16.9. The second kappa shape index (κ2) is 10.5. The summed E-state index contributed by atoms with van der Waals surface area (Å²) in [4.78, 5) is 8.71. The van der Waals surface area contributed by atoms with Crippen LogP contribution in [-0.4, -0.2) is 10.7 Å². The fraction of sp³-hybridized carbons (Fsp3) is 0.308. The van der Waals surface area contributed by atoms with E-state index in [2.05, 4.69) is 153 Å². The molecule has 0 amide bonds. The topological polar surface area (TPSA) is 28.1 Å². The van der Waals surface area contributed by atoms with Crippen molar-refractivity contribution in [2.24, 2.45) is 4.99 Å². The first-order valence-corrected chi connectivity index (χ1v) is 14.7. The van der Waals surface area contributed by atoms with Gasteiger partial charge in [0.05, 0.1) is 11.4 Å². The largest absolute Gasteiger partial charge is 0.358 e. The Balaban J connectivity index is 1.77. The zero-order valence-corrected chi connectivity index (χ0v) is 26.5. The van der Waals surface area contributed by atoms with Gasteiger partial charge in [-0.3, -0.25) is 4.99 Å². The van der Waals surface area contributed by atoms with Crippen LogP contribution in [-0.2, 0) is 10.8 Å². The van der Waals surface area contributed by atoms with Gasteiger partial charge >= 0.3 is 0 Å². The van der Waals surface area contributed by atoms with E-state index in [0.29, 0.717) is 0 Å². The van der Waals surface area contributed by atoms with Gasteiger partial charge in [0, 0.05) is 17.0 Å². The average Bonchev–Trinajstić information content (AvgIpc) is 3.42. The average molecular weight is 541 g/mol. The molecule has 2 heterocycles. The summed E-state index contributed by atoms with van der Waals surface area (Å²) in [7, 11) is 0. The van der Waals surface area contributed by atoms with Crippen molar-refractivity contribution in [1.82, 2.24) is 4.98 Å². The lowest BCUT2D eigenvalue weighted by Crippen LogP contribution is -2.10. The molecule has 0 bridgehead atoms. The zero-order chi connectivity index (χ0) is 29.7. The van der Waals surface area contributed by atoms with Gasteiger partial charge in [-0.15, -0.1) is 0 Å². The number of aromatic amines is 1. The van der Waals surface area contributed by atoms with Crippen molar-refractivity contribution >= 4 is 11.3 Å². The van der Waals surface area contributed by atoms with E-state index in [-0.39, 0.29) is 10.8 Å². The number of benzene rings is 3. The first-order valence-electron chi connectivity index (χ1n) is 14.7. The third-order valence-electron chi connectivity index (χ3n) is 8.11. The SMILES string of the molecule is CC1=CC(C)=NC1=C(c1cc(-c2ccc(C(C)(C)C)cc2)cc(-c2ccc(C(C)(C)C)cc2)c1)c1[nH]c(C)cc1C. The Kier molecular flexibility index (Phi) is 7.32. The number of hydrogen-bond acceptors (Lipinski definition) is 1. The summed E-state index contributed by atoms with van der Waals surface area (Å²) in [6.45, 7) is 22.1. The van der Waals surface area contributed by atoms with Gasteiger partial charge in [0.1, 0.15) is 0 Å². The molecule has 1 aliphatic heterocycles. The summed E-state index contributed by atoms with van der Waals surface area (Å²) in [6, 6.07) is 27.4. The van der Waals surface area contributed by atoms with Gasteiger partial charge in [0.25, 0.3) is 0 Å². The minimum absolute atomic E-state index is 0.114. The Hall–Kier alpha value is -3.91. The van der Waals surface area contributed by atoms with Crippen molar-refractivity contribution in [3.8, 4) is 22.3 Å². The number of rotatable bonds is 4. The number of aromatic nitrogens is 1. The molecule has 0 radical (unpaired) electrons. The first-order chi connectivity index (χ1) is 19.2. The molecule has 2 heteroatoms. The van der Waals surface area contributed by atoms with Crippen molar-refractivity contribution in [1.29, 1.82) is 0 Å². The lowest BCUT2D eigenvalue weighted by atomic mass is 9.84. The van der Waals surface area contributed by atoms with E-state index >= 15 is 0 Å². The van der Waals surface area contributed by atoms with Crippen molar-refractivity contribution in [2.45, 2.75) is 80.1 Å². The molecule has 210 valence electrons. The van der Waals surface area contributed by atoms with Gasteiger partial charge < -0.3 is 4.98 Å². The number of hydrogen-bond donors (Lipinski definition) is 1. The maximum atomic E-state index is 5.04. The van der Waals surface area contributed by atoms with Crippen LogP contribution in [0.4, 0.5) is 0 Å². The number of nitrogens with one attached hydrogen (secondary N) is 1. The lowest BCUT2D eigenvalue weighted by Gasteiger charge is -2.20. The molecule has 1 aliphatic rings. The van der Waals surface area contributed by atoms with Crippen molar-refractivity contribution in [3.05, 3.63) is 124 Å². The molecule has 0 unspecified atom stereocenters. The fourth-order valence-corrected chi connectivity index (χ4v) is 5.75. The number of nitrogens with zero attached hydrogens (tertiary/aromatic N) is 1. The molecule has 1 N–H and O–H groups in total. The van der Waals surface area contributed by atoms with Crippen LogP contribution in [0.25, 0.3) is 27.8 Å². The molecule has 5 rings (SSSR count). The van der Waals surface area contributed by atoms with Crippen molar-refractivity contribution < 1.29 is 0 Å². The summed E-state index contributed by atoms with van der Waals surface area (Å²) in [5.74, 6) is 0. The second-order valence-corrected chi connectivity index (χ2v) is 13.8. The predicted octanol–water partition coefficient (Wildman–Crippen LogP) is 10.7. The van der Waals surface area contributed by atoms with Gasteiger partial charge in [0.15, 0.2) is 0 Å². The Morgan fingerprint density at radius 1 is 0.610 bits per heavy atom. The van der Waals surface area contributed by atoms with Crippen LogP contribution >= 0.6 is 0 Å². The highest BCUT2D eigenvalue weighted by Crippen LogP contribution is 2.39. The Morgan fingerprint density at radius 2 is 1.10 bits per heavy atom. The Bertz CT molecular complexity index is 1610. The van der Waals surface area contributed by atoms with Crippen molar-refractivity contribution in [3.63, 3.8) is 0 Å². The van der Waals surface area contributed by atoms with E-state index in [0.717, 1.165) is 28.4 Å². The highest BCUT2D eigenvalue weighted by molar-refractivity contribution is 6.01. The van der Waals surface area contributed by atoms with Crippen LogP contribution in [0.15, 0.2) is 95.1 Å². The highest BCUT2D eigenvalue weighted by atomic mass is 14.8. The minimum Gasteiger partial charge on any atom is -0.358 e. The molecule has 0 aliphatic carbocycles. The number of aliphatic imine (C=N–C) groups is 1. The van der Waals surface area contributed by atoms with E-state index in [1.807, 2.05) is 0 Å². The summed E-state index contributed by atoms with van der Waals surface area (Å²) >= 11 is 0. The molecule has 2 nitrogen and oxygen atoms in total. The van der Waals surface area contributed by atoms with E-state index in [9.17, 15) is 0 Å². The van der Waals surface area contributed by atoms with Gasteiger partial charge in [-0.1, -0.05) is 90.1 Å². The third kappa shape index (κ3) is 5.93. The normalized spacial score (nSPS) is 15.2. The zero-order valence-electron chi connectivity index (χ0n) is 26.5. The molecule has 0 atom stereocenters. The van der Waals surface area contributed by atoms with Crippen LogP contribution in [0.5, 0.6) is 0 Å². The molecule has 0 saturated carbocycles. The highest BCUT2D eigenvalue weighted by Gasteiger charge is 2.22. The quantitative estimate of drug-likeness (QED) is 0.267. The molecule has 1 aromatic heterocycles. The monoisotopic (exact) mass is 540 g/mol. The Labute approximate surface area is 247 Å². The molecular formula is C39H44N2. The molecule has 0 spiro atoms. The standard InChI is InChI=1S/C39H44N2/c1-24-19-26(3)40-36(24)35(37-25(2)20-27(4)41-37)32-22-30(28-11-15-33(16-12-28)38(5,6)7)21-31(23-32)29-13-17-34(18-14-29)39(8,9)10/h11-23,40H,1-10H3. The van der Waals surface area contributed by atoms with Crippen LogP contribution < -0.4 is 0 Å². The molecule has 0 saturated heterocycles. The van der Waals surface area contributed by atoms with Gasteiger partial charge in [-0.2, -0.15) is 0 Å². The molecule has 4 aromatic rings. The Morgan fingerprint density at radius 3 is 1.46 bits per heavy atom. The van der Waals surface area contributed by atoms with Crippen LogP contribution in [0.3, 0.4) is 0 Å². The smallest absolute Gasteiger partial charge is 0.0761 e. The maximum Gasteiger partial charge on any atom is 0.0761 e. The first kappa shape index (κ1) is 28.6. The van der Waals surface area contributed by atoms with Crippen LogP contribution in [0, 0.1) is 13.8 Å². The number of allylic oxidation sites excluding steroid dienone is 2. The van der Waals surface area contributed by atoms with Crippen molar-refractivity contribution in [2.75, 3.05) is 0 Å². The molecular weight excluding hydrogens is 496 g/mol. The number of H-pyrrole nitrogens is 1. The molecule has 0 fully saturated rings. The second-order valence-electron chi connectivity index (χ2n) is 13.8. The maximum absolute atomic E-state index is 5.04. The van der Waals surface area contributed by atoms with Crippen LogP contribution in [0.2, 0.25) is 0 Å². The predicted molar refractivity (Wildman–Crippen MR) is 178 cm³/mol. The van der Waals surface area contributed by atoms with E-state index in [1.165, 1.54) is 50.1 Å². The summed E-state index contributed by atoms with van der Waals surface area (Å²) in [6.07, 6.45) is 2.18. The van der Waals surface area contributed by atoms with E-state index in [4.69, 9.17) is 4.99 Å². The third-order valence-corrected chi connectivity index (χ3v) is 8.11.